The molecule has 0 bridgehead atoms. The first-order valence-electron chi connectivity index (χ1n) is 3.99. The Morgan fingerprint density at radius 3 is 3.00 bits per heavy atom. The van der Waals surface area contributed by atoms with E-state index in [1.54, 1.807) is 17.8 Å². The molecular formula is C9H11BrN2O. The summed E-state index contributed by atoms with van der Waals surface area (Å²) in [6, 6.07) is 0. The van der Waals surface area contributed by atoms with Crippen molar-refractivity contribution in [1.82, 2.24) is 9.55 Å². The molecule has 0 atom stereocenters. The Bertz CT molecular complexity index is 382. The molecule has 0 spiro atoms. The Hall–Kier alpha value is -0.900. The summed E-state index contributed by atoms with van der Waals surface area (Å²) < 4.78 is 2.09. The van der Waals surface area contributed by atoms with Gasteiger partial charge in [0.15, 0.2) is 0 Å². The molecule has 3 nitrogen and oxygen atoms in total. The third-order valence-corrected chi connectivity index (χ3v) is 2.61. The largest absolute Gasteiger partial charge is 0.294 e. The molecule has 0 fully saturated rings. The van der Waals surface area contributed by atoms with E-state index < -0.39 is 0 Å². The van der Waals surface area contributed by atoms with E-state index in [1.807, 2.05) is 19.1 Å². The van der Waals surface area contributed by atoms with Crippen LogP contribution in [0.3, 0.4) is 0 Å². The highest BCUT2D eigenvalue weighted by Gasteiger charge is 2.03. The Morgan fingerprint density at radius 1 is 1.69 bits per heavy atom. The maximum atomic E-state index is 11.5. The molecule has 70 valence electrons. The molecule has 0 aromatic carbocycles. The Kier molecular flexibility index (Phi) is 3.42. The fraction of sp³-hybridized carbons (Fsp3) is 0.333. The quantitative estimate of drug-likeness (QED) is 0.743. The van der Waals surface area contributed by atoms with Crippen molar-refractivity contribution >= 4 is 15.9 Å². The number of nitrogens with zero attached hydrogens (tertiary/aromatic N) is 2. The second kappa shape index (κ2) is 4.37. The van der Waals surface area contributed by atoms with Crippen molar-refractivity contribution < 1.29 is 0 Å². The lowest BCUT2D eigenvalue weighted by molar-refractivity contribution is 0.739. The van der Waals surface area contributed by atoms with E-state index in [0.29, 0.717) is 11.0 Å². The summed E-state index contributed by atoms with van der Waals surface area (Å²) in [5, 5.41) is 0. The van der Waals surface area contributed by atoms with Gasteiger partial charge in [-0.1, -0.05) is 12.2 Å². The summed E-state index contributed by atoms with van der Waals surface area (Å²) in [5.74, 6) is 0. The topological polar surface area (TPSA) is 34.9 Å². The maximum absolute atomic E-state index is 11.5. The number of hydrogen-bond donors (Lipinski definition) is 0. The highest BCUT2D eigenvalue weighted by atomic mass is 79.9. The molecule has 0 aliphatic carbocycles. The molecule has 0 saturated heterocycles. The van der Waals surface area contributed by atoms with Crippen molar-refractivity contribution in [3.05, 3.63) is 39.0 Å². The van der Waals surface area contributed by atoms with Crippen LogP contribution in [0.2, 0.25) is 0 Å². The van der Waals surface area contributed by atoms with Crippen LogP contribution in [-0.4, -0.2) is 9.55 Å². The molecule has 4 heteroatoms. The lowest BCUT2D eigenvalue weighted by Crippen LogP contribution is -2.21. The van der Waals surface area contributed by atoms with Crippen LogP contribution in [0.1, 0.15) is 12.6 Å². The highest BCUT2D eigenvalue weighted by Crippen LogP contribution is 2.05. The van der Waals surface area contributed by atoms with Crippen LogP contribution in [0.4, 0.5) is 0 Å². The van der Waals surface area contributed by atoms with Crippen LogP contribution in [-0.2, 0) is 6.54 Å². The number of hydrogen-bond acceptors (Lipinski definition) is 2. The predicted molar refractivity (Wildman–Crippen MR) is 55.7 cm³/mol. The van der Waals surface area contributed by atoms with Gasteiger partial charge in [-0.05, 0) is 29.8 Å². The Morgan fingerprint density at radius 2 is 2.38 bits per heavy atom. The van der Waals surface area contributed by atoms with Gasteiger partial charge in [-0.25, -0.2) is 4.98 Å². The normalized spacial score (nSPS) is 11.0. The van der Waals surface area contributed by atoms with Gasteiger partial charge in [0.05, 0.1) is 12.0 Å². The first-order chi connectivity index (χ1) is 6.16. The van der Waals surface area contributed by atoms with E-state index in [-0.39, 0.29) is 5.56 Å². The number of allylic oxidation sites excluding steroid dienone is 2. The number of halogens is 1. The van der Waals surface area contributed by atoms with Crippen LogP contribution in [0.5, 0.6) is 0 Å². The molecular weight excluding hydrogens is 232 g/mol. The molecule has 0 saturated carbocycles. The monoisotopic (exact) mass is 242 g/mol. The second-order valence-electron chi connectivity index (χ2n) is 2.67. The fourth-order valence-corrected chi connectivity index (χ4v) is 1.23. The highest BCUT2D eigenvalue weighted by molar-refractivity contribution is 9.10. The molecule has 0 radical (unpaired) electrons. The average Bonchev–Trinajstić information content (AvgIpc) is 2.13. The van der Waals surface area contributed by atoms with Crippen molar-refractivity contribution in [2.45, 2.75) is 20.4 Å². The van der Waals surface area contributed by atoms with E-state index in [4.69, 9.17) is 0 Å². The van der Waals surface area contributed by atoms with Gasteiger partial charge in [-0.2, -0.15) is 0 Å². The maximum Gasteiger partial charge on any atom is 0.268 e. The molecule has 1 heterocycles. The lowest BCUT2D eigenvalue weighted by Gasteiger charge is -2.02. The molecule has 1 aromatic heterocycles. The van der Waals surface area contributed by atoms with Crippen LogP contribution in [0.15, 0.2) is 27.7 Å². The van der Waals surface area contributed by atoms with Crippen molar-refractivity contribution in [2.75, 3.05) is 0 Å². The van der Waals surface area contributed by atoms with Gasteiger partial charge in [-0.15, -0.1) is 0 Å². The van der Waals surface area contributed by atoms with Gasteiger partial charge in [-0.3, -0.25) is 9.36 Å². The third-order valence-electron chi connectivity index (χ3n) is 1.69. The van der Waals surface area contributed by atoms with E-state index in [2.05, 4.69) is 20.9 Å². The zero-order valence-electron chi connectivity index (χ0n) is 7.62. The third kappa shape index (κ3) is 2.28. The number of aryl methyl sites for hydroxylation is 1. The van der Waals surface area contributed by atoms with Gasteiger partial charge < -0.3 is 0 Å². The summed E-state index contributed by atoms with van der Waals surface area (Å²) >= 11 is 3.20. The lowest BCUT2D eigenvalue weighted by atomic mass is 10.4. The second-order valence-corrected chi connectivity index (χ2v) is 3.46. The van der Waals surface area contributed by atoms with Crippen LogP contribution >= 0.6 is 15.9 Å². The zero-order valence-corrected chi connectivity index (χ0v) is 9.21. The fourth-order valence-electron chi connectivity index (χ4n) is 0.895. The summed E-state index contributed by atoms with van der Waals surface area (Å²) in [5.41, 5.74) is 0.687. The standard InChI is InChI=1S/C9H11BrN2O/c1-3-4-5-12-6-11-7(2)8(10)9(12)13/h3-4,6H,5H2,1-2H3. The molecule has 0 amide bonds. The Labute approximate surface area is 85.2 Å². The summed E-state index contributed by atoms with van der Waals surface area (Å²) in [4.78, 5) is 15.6. The van der Waals surface area contributed by atoms with E-state index in [1.165, 1.54) is 0 Å². The SMILES string of the molecule is CC=CCn1cnc(C)c(Br)c1=O. The van der Waals surface area contributed by atoms with Gasteiger partial charge in [0.25, 0.3) is 5.56 Å². The summed E-state index contributed by atoms with van der Waals surface area (Å²) in [6.07, 6.45) is 5.37. The van der Waals surface area contributed by atoms with Crippen LogP contribution in [0.25, 0.3) is 0 Å². The molecule has 1 aromatic rings. The zero-order chi connectivity index (χ0) is 9.84. The minimum absolute atomic E-state index is 0.0365. The Balaban J connectivity index is 3.11. The van der Waals surface area contributed by atoms with Crippen LogP contribution < -0.4 is 5.56 Å². The summed E-state index contributed by atoms with van der Waals surface area (Å²) in [7, 11) is 0. The van der Waals surface area contributed by atoms with E-state index in [9.17, 15) is 4.79 Å². The minimum Gasteiger partial charge on any atom is -0.294 e. The first-order valence-corrected chi connectivity index (χ1v) is 4.78. The van der Waals surface area contributed by atoms with Crippen molar-refractivity contribution in [1.29, 1.82) is 0 Å². The van der Waals surface area contributed by atoms with E-state index in [0.717, 1.165) is 5.69 Å². The van der Waals surface area contributed by atoms with E-state index >= 15 is 0 Å². The molecule has 0 aliphatic heterocycles. The molecule has 0 N–H and O–H groups in total. The van der Waals surface area contributed by atoms with Crippen molar-refractivity contribution in [3.8, 4) is 0 Å². The predicted octanol–water partition coefficient (Wildman–Crippen LogP) is 1.89. The van der Waals surface area contributed by atoms with Gasteiger partial charge >= 0.3 is 0 Å². The van der Waals surface area contributed by atoms with Crippen LogP contribution in [0, 0.1) is 6.92 Å². The van der Waals surface area contributed by atoms with Gasteiger partial charge in [0, 0.05) is 6.54 Å². The number of aromatic nitrogens is 2. The van der Waals surface area contributed by atoms with Crippen molar-refractivity contribution in [3.63, 3.8) is 0 Å². The van der Waals surface area contributed by atoms with Gasteiger partial charge in [0.2, 0.25) is 0 Å². The molecule has 1 rings (SSSR count). The smallest absolute Gasteiger partial charge is 0.268 e. The van der Waals surface area contributed by atoms with Crippen molar-refractivity contribution in [2.24, 2.45) is 0 Å². The molecule has 0 unspecified atom stereocenters. The molecule has 0 aliphatic rings. The molecule has 13 heavy (non-hydrogen) atoms. The average molecular weight is 243 g/mol. The number of rotatable bonds is 2. The minimum atomic E-state index is -0.0365. The van der Waals surface area contributed by atoms with Gasteiger partial charge in [0.1, 0.15) is 4.47 Å². The first kappa shape index (κ1) is 10.2. The summed E-state index contributed by atoms with van der Waals surface area (Å²) in [6.45, 7) is 4.29.